The first kappa shape index (κ1) is 22.0. The van der Waals surface area contributed by atoms with Gasteiger partial charge >= 0.3 is 0 Å². The van der Waals surface area contributed by atoms with Gasteiger partial charge in [-0.25, -0.2) is 4.90 Å². The van der Waals surface area contributed by atoms with Crippen LogP contribution in [0.25, 0.3) is 0 Å². The van der Waals surface area contributed by atoms with E-state index in [0.717, 1.165) is 16.9 Å². The average Bonchev–Trinajstić information content (AvgIpc) is 3.07. The van der Waals surface area contributed by atoms with E-state index in [1.54, 1.807) is 36.4 Å². The molecule has 1 aliphatic rings. The SMILES string of the molecule is CCCNC(=O)c1cccc(NC(=O)c2ccc3c(c2)C(=O)N(c2ccccc2C)C3=O)c1. The van der Waals surface area contributed by atoms with Crippen LogP contribution in [-0.4, -0.2) is 30.2 Å². The molecule has 4 amide bonds. The van der Waals surface area contributed by atoms with Crippen molar-refractivity contribution in [3.63, 3.8) is 0 Å². The Morgan fingerprint density at radius 3 is 2.30 bits per heavy atom. The quantitative estimate of drug-likeness (QED) is 0.561. The summed E-state index contributed by atoms with van der Waals surface area (Å²) >= 11 is 0. The molecular formula is C26H23N3O4. The van der Waals surface area contributed by atoms with Crippen molar-refractivity contribution in [2.45, 2.75) is 20.3 Å². The highest BCUT2D eigenvalue weighted by Gasteiger charge is 2.37. The van der Waals surface area contributed by atoms with E-state index in [0.29, 0.717) is 23.5 Å². The lowest BCUT2D eigenvalue weighted by Gasteiger charge is -2.16. The van der Waals surface area contributed by atoms with Crippen molar-refractivity contribution in [2.75, 3.05) is 16.8 Å². The number of fused-ring (bicyclic) bond motifs is 1. The largest absolute Gasteiger partial charge is 0.352 e. The first-order valence-corrected chi connectivity index (χ1v) is 10.7. The van der Waals surface area contributed by atoms with Crippen molar-refractivity contribution in [3.8, 4) is 0 Å². The third kappa shape index (κ3) is 4.25. The molecule has 0 saturated heterocycles. The summed E-state index contributed by atoms with van der Waals surface area (Å²) in [6.07, 6.45) is 0.822. The van der Waals surface area contributed by atoms with E-state index in [4.69, 9.17) is 0 Å². The number of carbonyl (C=O) groups is 4. The molecule has 0 spiro atoms. The second-order valence-electron chi connectivity index (χ2n) is 7.78. The molecule has 0 fully saturated rings. The van der Waals surface area contributed by atoms with Crippen molar-refractivity contribution in [2.24, 2.45) is 0 Å². The third-order valence-electron chi connectivity index (χ3n) is 5.42. The van der Waals surface area contributed by atoms with Gasteiger partial charge in [-0.15, -0.1) is 0 Å². The minimum atomic E-state index is -0.464. The van der Waals surface area contributed by atoms with Crippen LogP contribution in [0.5, 0.6) is 0 Å². The molecule has 0 unspecified atom stereocenters. The number of hydrogen-bond donors (Lipinski definition) is 2. The number of para-hydroxylation sites is 1. The number of nitrogens with one attached hydrogen (secondary N) is 2. The fourth-order valence-electron chi connectivity index (χ4n) is 3.70. The minimum Gasteiger partial charge on any atom is -0.352 e. The predicted molar refractivity (Wildman–Crippen MR) is 126 cm³/mol. The van der Waals surface area contributed by atoms with Gasteiger partial charge in [-0.05, 0) is 61.4 Å². The molecule has 0 saturated carbocycles. The van der Waals surface area contributed by atoms with Gasteiger partial charge in [0.1, 0.15) is 0 Å². The Balaban J connectivity index is 1.56. The van der Waals surface area contributed by atoms with Crippen molar-refractivity contribution in [1.82, 2.24) is 5.32 Å². The number of imide groups is 1. The molecule has 0 radical (unpaired) electrons. The van der Waals surface area contributed by atoms with Gasteiger partial charge < -0.3 is 10.6 Å². The summed E-state index contributed by atoms with van der Waals surface area (Å²) in [5.74, 6) is -1.54. The van der Waals surface area contributed by atoms with Crippen LogP contribution in [0.4, 0.5) is 11.4 Å². The highest BCUT2D eigenvalue weighted by atomic mass is 16.2. The van der Waals surface area contributed by atoms with Gasteiger partial charge in [0, 0.05) is 23.4 Å². The van der Waals surface area contributed by atoms with Gasteiger partial charge in [-0.2, -0.15) is 0 Å². The smallest absolute Gasteiger partial charge is 0.266 e. The van der Waals surface area contributed by atoms with Crippen LogP contribution in [-0.2, 0) is 0 Å². The summed E-state index contributed by atoms with van der Waals surface area (Å²) in [6, 6.07) is 18.2. The van der Waals surface area contributed by atoms with E-state index in [1.807, 2.05) is 26.0 Å². The Morgan fingerprint density at radius 1 is 0.818 bits per heavy atom. The number of anilines is 2. The molecule has 0 aliphatic carbocycles. The molecule has 7 heteroatoms. The van der Waals surface area contributed by atoms with Gasteiger partial charge in [0.25, 0.3) is 23.6 Å². The van der Waals surface area contributed by atoms with Crippen LogP contribution in [0.1, 0.15) is 60.3 Å². The first-order valence-electron chi connectivity index (χ1n) is 10.7. The van der Waals surface area contributed by atoms with Crippen molar-refractivity contribution >= 4 is 35.0 Å². The lowest BCUT2D eigenvalue weighted by atomic mass is 10.1. The molecule has 2 N–H and O–H groups in total. The number of benzene rings is 3. The van der Waals surface area contributed by atoms with Gasteiger partial charge in [-0.3, -0.25) is 19.2 Å². The number of aryl methyl sites for hydroxylation is 1. The highest BCUT2D eigenvalue weighted by molar-refractivity contribution is 6.35. The van der Waals surface area contributed by atoms with Crippen molar-refractivity contribution in [3.05, 3.63) is 94.5 Å². The van der Waals surface area contributed by atoms with Gasteiger partial charge in [-0.1, -0.05) is 31.2 Å². The molecule has 7 nitrogen and oxygen atoms in total. The Labute approximate surface area is 191 Å². The standard InChI is InChI=1S/C26H23N3O4/c1-3-13-27-23(30)17-8-6-9-19(14-17)28-24(31)18-11-12-20-21(15-18)26(33)29(25(20)32)22-10-5-4-7-16(22)2/h4-12,14-15H,3,13H2,1-2H3,(H,27,30)(H,28,31). The zero-order valence-electron chi connectivity index (χ0n) is 18.3. The zero-order chi connectivity index (χ0) is 23.5. The van der Waals surface area contributed by atoms with E-state index in [2.05, 4.69) is 10.6 Å². The number of amides is 4. The molecule has 0 bridgehead atoms. The third-order valence-corrected chi connectivity index (χ3v) is 5.42. The number of nitrogens with zero attached hydrogens (tertiary/aromatic N) is 1. The number of rotatable bonds is 6. The second kappa shape index (κ2) is 9.08. The summed E-state index contributed by atoms with van der Waals surface area (Å²) in [4.78, 5) is 52.1. The van der Waals surface area contributed by atoms with E-state index < -0.39 is 17.7 Å². The maximum Gasteiger partial charge on any atom is 0.266 e. The summed E-state index contributed by atoms with van der Waals surface area (Å²) < 4.78 is 0. The Bertz CT molecular complexity index is 1280. The van der Waals surface area contributed by atoms with Crippen molar-refractivity contribution in [1.29, 1.82) is 0 Å². The zero-order valence-corrected chi connectivity index (χ0v) is 18.3. The van der Waals surface area contributed by atoms with E-state index in [9.17, 15) is 19.2 Å². The predicted octanol–water partition coefficient (Wildman–Crippen LogP) is 4.19. The maximum absolute atomic E-state index is 13.0. The fourth-order valence-corrected chi connectivity index (χ4v) is 3.70. The minimum absolute atomic E-state index is 0.184. The lowest BCUT2D eigenvalue weighted by Crippen LogP contribution is -2.29. The van der Waals surface area contributed by atoms with Gasteiger partial charge in [0.2, 0.25) is 0 Å². The molecular weight excluding hydrogens is 418 g/mol. The monoisotopic (exact) mass is 441 g/mol. The van der Waals surface area contributed by atoms with Gasteiger partial charge in [0.05, 0.1) is 16.8 Å². The van der Waals surface area contributed by atoms with Crippen LogP contribution in [0, 0.1) is 6.92 Å². The van der Waals surface area contributed by atoms with Crippen LogP contribution < -0.4 is 15.5 Å². The van der Waals surface area contributed by atoms with E-state index >= 15 is 0 Å². The Morgan fingerprint density at radius 2 is 1.55 bits per heavy atom. The fraction of sp³-hybridized carbons (Fsp3) is 0.154. The molecule has 1 heterocycles. The molecule has 3 aromatic carbocycles. The van der Waals surface area contributed by atoms with Crippen LogP contribution in [0.15, 0.2) is 66.7 Å². The lowest BCUT2D eigenvalue weighted by molar-refractivity contribution is 0.0921. The van der Waals surface area contributed by atoms with Crippen molar-refractivity contribution < 1.29 is 19.2 Å². The topological polar surface area (TPSA) is 95.6 Å². The van der Waals surface area contributed by atoms with Crippen LogP contribution in [0.3, 0.4) is 0 Å². The summed E-state index contributed by atoms with van der Waals surface area (Å²) in [7, 11) is 0. The normalized spacial score (nSPS) is 12.5. The van der Waals surface area contributed by atoms with Gasteiger partial charge in [0.15, 0.2) is 0 Å². The number of carbonyl (C=O) groups excluding carboxylic acids is 4. The van der Waals surface area contributed by atoms with Crippen LogP contribution >= 0.6 is 0 Å². The van der Waals surface area contributed by atoms with E-state index in [-0.39, 0.29) is 22.6 Å². The summed E-state index contributed by atoms with van der Waals surface area (Å²) in [5, 5.41) is 5.54. The maximum atomic E-state index is 13.0. The molecule has 4 rings (SSSR count). The first-order chi connectivity index (χ1) is 15.9. The number of hydrogen-bond acceptors (Lipinski definition) is 4. The Hall–Kier alpha value is -4.26. The Kier molecular flexibility index (Phi) is 6.04. The molecule has 0 aromatic heterocycles. The second-order valence-corrected chi connectivity index (χ2v) is 7.78. The highest BCUT2D eigenvalue weighted by Crippen LogP contribution is 2.31. The average molecular weight is 441 g/mol. The van der Waals surface area contributed by atoms with E-state index in [1.165, 1.54) is 18.2 Å². The van der Waals surface area contributed by atoms with Crippen LogP contribution in [0.2, 0.25) is 0 Å². The molecule has 166 valence electrons. The molecule has 1 aliphatic heterocycles. The molecule has 33 heavy (non-hydrogen) atoms. The summed E-state index contributed by atoms with van der Waals surface area (Å²) in [5.41, 5.74) is 2.89. The molecule has 0 atom stereocenters. The summed E-state index contributed by atoms with van der Waals surface area (Å²) in [6.45, 7) is 4.36. The molecule has 3 aromatic rings.